The Morgan fingerprint density at radius 1 is 1.39 bits per heavy atom. The molecule has 1 saturated carbocycles. The third kappa shape index (κ3) is 3.08. The summed E-state index contributed by atoms with van der Waals surface area (Å²) in [4.78, 5) is 12.0. The van der Waals surface area contributed by atoms with Crippen LogP contribution in [0.5, 0.6) is 0 Å². The summed E-state index contributed by atoms with van der Waals surface area (Å²) in [7, 11) is 0. The Hall–Kier alpha value is -3.37. The van der Waals surface area contributed by atoms with Gasteiger partial charge in [-0.1, -0.05) is 12.1 Å². The second-order valence-corrected chi connectivity index (χ2v) is 7.49. The van der Waals surface area contributed by atoms with Crippen molar-refractivity contribution in [3.8, 4) is 17.2 Å². The highest BCUT2D eigenvalue weighted by atomic mass is 16.3. The fraction of sp³-hybridized carbons (Fsp3) is 0.286. The van der Waals surface area contributed by atoms with Crippen LogP contribution in [-0.4, -0.2) is 32.3 Å². The van der Waals surface area contributed by atoms with Crippen molar-refractivity contribution in [3.05, 3.63) is 53.9 Å². The molecule has 2 aromatic heterocycles. The van der Waals surface area contributed by atoms with Crippen LogP contribution in [0, 0.1) is 11.3 Å². The number of aromatic nitrogens is 2. The molecule has 3 aromatic rings. The van der Waals surface area contributed by atoms with Crippen LogP contribution in [0.3, 0.4) is 0 Å². The van der Waals surface area contributed by atoms with Crippen LogP contribution in [0.4, 0.5) is 5.69 Å². The number of aliphatic hydroxyl groups is 1. The van der Waals surface area contributed by atoms with Crippen LogP contribution in [-0.2, 0) is 0 Å². The Morgan fingerprint density at radius 2 is 2.14 bits per heavy atom. The van der Waals surface area contributed by atoms with Crippen LogP contribution in [0.15, 0.2) is 42.7 Å². The molecule has 1 amide bonds. The van der Waals surface area contributed by atoms with Crippen molar-refractivity contribution in [3.63, 3.8) is 0 Å². The molecule has 2 heterocycles. The highest BCUT2D eigenvalue weighted by molar-refractivity contribution is 6.02. The van der Waals surface area contributed by atoms with Crippen molar-refractivity contribution in [2.45, 2.75) is 37.8 Å². The lowest BCUT2D eigenvalue weighted by Crippen LogP contribution is -2.40. The topological polar surface area (TPSA) is 116 Å². The van der Waals surface area contributed by atoms with Crippen molar-refractivity contribution < 1.29 is 9.90 Å². The predicted molar refractivity (Wildman–Crippen MR) is 106 cm³/mol. The summed E-state index contributed by atoms with van der Waals surface area (Å²) in [6.07, 6.45) is 5.73. The van der Waals surface area contributed by atoms with Crippen molar-refractivity contribution >= 4 is 17.1 Å². The first-order valence-corrected chi connectivity index (χ1v) is 9.20. The number of nitrogens with zero attached hydrogens (tertiary/aromatic N) is 3. The highest BCUT2D eigenvalue weighted by Crippen LogP contribution is 2.35. The van der Waals surface area contributed by atoms with Gasteiger partial charge in [-0.15, -0.1) is 0 Å². The Kier molecular flexibility index (Phi) is 4.28. The smallest absolute Gasteiger partial charge is 0.252 e. The number of hydrogen-bond donors (Lipinski definition) is 3. The minimum Gasteiger partial charge on any atom is -0.388 e. The monoisotopic (exact) mass is 375 g/mol. The van der Waals surface area contributed by atoms with Gasteiger partial charge in [-0.05, 0) is 49.9 Å². The van der Waals surface area contributed by atoms with E-state index >= 15 is 0 Å². The third-order valence-corrected chi connectivity index (χ3v) is 5.49. The fourth-order valence-electron chi connectivity index (χ4n) is 3.84. The van der Waals surface area contributed by atoms with Gasteiger partial charge in [0.15, 0.2) is 0 Å². The van der Waals surface area contributed by atoms with E-state index in [1.54, 1.807) is 23.6 Å². The summed E-state index contributed by atoms with van der Waals surface area (Å²) in [6, 6.07) is 11.1. The summed E-state index contributed by atoms with van der Waals surface area (Å²) in [5, 5.41) is 27.3. The number of amides is 1. The molecule has 0 saturated heterocycles. The van der Waals surface area contributed by atoms with Crippen LogP contribution < -0.4 is 11.1 Å². The molecule has 0 unspecified atom stereocenters. The number of anilines is 1. The summed E-state index contributed by atoms with van der Waals surface area (Å²) >= 11 is 0. The minimum absolute atomic E-state index is 0.176. The second-order valence-electron chi connectivity index (χ2n) is 7.49. The number of primary amides is 1. The molecule has 0 spiro atoms. The molecule has 1 aliphatic carbocycles. The van der Waals surface area contributed by atoms with E-state index in [1.807, 2.05) is 24.4 Å². The standard InChI is InChI=1S/C21H21N5O2/c1-21(28)8-2-3-18(21)25-19-16(20(23)27)11-24-26-12-15(9-17(19)26)14-6-4-13(10-22)5-7-14/h4-7,9,11-12,18,25,28H,2-3,8H2,1H3,(H2,23,27)/t18-,21-/m1/s1. The first-order valence-electron chi connectivity index (χ1n) is 9.20. The normalized spacial score (nSPS) is 21.5. The maximum atomic E-state index is 12.0. The number of hydrogen-bond acceptors (Lipinski definition) is 5. The molecule has 4 N–H and O–H groups in total. The Labute approximate surface area is 162 Å². The molecule has 1 aliphatic rings. The predicted octanol–water partition coefficient (Wildman–Crippen LogP) is 2.69. The van der Waals surface area contributed by atoms with Gasteiger partial charge in [0.25, 0.3) is 5.91 Å². The maximum absolute atomic E-state index is 12.0. The Balaban J connectivity index is 1.81. The van der Waals surface area contributed by atoms with Gasteiger partial charge in [0, 0.05) is 11.8 Å². The molecule has 1 fully saturated rings. The van der Waals surface area contributed by atoms with Gasteiger partial charge in [-0.3, -0.25) is 4.79 Å². The van der Waals surface area contributed by atoms with Gasteiger partial charge >= 0.3 is 0 Å². The van der Waals surface area contributed by atoms with Crippen molar-refractivity contribution in [2.24, 2.45) is 5.73 Å². The van der Waals surface area contributed by atoms with Crippen LogP contribution >= 0.6 is 0 Å². The van der Waals surface area contributed by atoms with E-state index in [4.69, 9.17) is 11.0 Å². The zero-order chi connectivity index (χ0) is 19.9. The lowest BCUT2D eigenvalue weighted by atomic mass is 10.00. The van der Waals surface area contributed by atoms with E-state index in [0.29, 0.717) is 28.8 Å². The molecule has 7 heteroatoms. The van der Waals surface area contributed by atoms with Crippen molar-refractivity contribution in [1.29, 1.82) is 5.26 Å². The van der Waals surface area contributed by atoms with Gasteiger partial charge in [0.1, 0.15) is 0 Å². The van der Waals surface area contributed by atoms with Crippen molar-refractivity contribution in [1.82, 2.24) is 9.61 Å². The van der Waals surface area contributed by atoms with Gasteiger partial charge in [-0.25, -0.2) is 4.52 Å². The molecule has 4 rings (SSSR count). The number of nitriles is 1. The highest BCUT2D eigenvalue weighted by Gasteiger charge is 2.37. The summed E-state index contributed by atoms with van der Waals surface area (Å²) < 4.78 is 1.69. The molecular formula is C21H21N5O2. The largest absolute Gasteiger partial charge is 0.388 e. The summed E-state index contributed by atoms with van der Waals surface area (Å²) in [5.41, 5.74) is 8.73. The SMILES string of the molecule is C[C@@]1(O)CCC[C@H]1Nc1c(C(N)=O)cnn2cc(-c3ccc(C#N)cc3)cc12. The van der Waals surface area contributed by atoms with Crippen molar-refractivity contribution in [2.75, 3.05) is 5.32 Å². The van der Waals surface area contributed by atoms with Gasteiger partial charge in [0.05, 0.1) is 46.2 Å². The van der Waals surface area contributed by atoms with Crippen LogP contribution in [0.2, 0.25) is 0 Å². The lowest BCUT2D eigenvalue weighted by molar-refractivity contribution is 0.0578. The van der Waals surface area contributed by atoms with E-state index in [0.717, 1.165) is 24.0 Å². The van der Waals surface area contributed by atoms with Gasteiger partial charge in [0.2, 0.25) is 0 Å². The Bertz CT molecular complexity index is 1090. The number of benzene rings is 1. The fourth-order valence-corrected chi connectivity index (χ4v) is 3.84. The Morgan fingerprint density at radius 3 is 2.75 bits per heavy atom. The average Bonchev–Trinajstić information content (AvgIpc) is 3.25. The molecule has 28 heavy (non-hydrogen) atoms. The molecule has 0 radical (unpaired) electrons. The minimum atomic E-state index is -0.849. The molecular weight excluding hydrogens is 354 g/mol. The molecule has 142 valence electrons. The zero-order valence-electron chi connectivity index (χ0n) is 15.5. The zero-order valence-corrected chi connectivity index (χ0v) is 15.5. The molecule has 0 aliphatic heterocycles. The number of carbonyl (C=O) groups is 1. The van der Waals surface area contributed by atoms with E-state index in [1.165, 1.54) is 6.20 Å². The first-order chi connectivity index (χ1) is 13.4. The molecule has 7 nitrogen and oxygen atoms in total. The second kappa shape index (κ2) is 6.66. The van der Waals surface area contributed by atoms with Gasteiger partial charge in [-0.2, -0.15) is 10.4 Å². The molecule has 1 aromatic carbocycles. The average molecular weight is 375 g/mol. The van der Waals surface area contributed by atoms with E-state index in [9.17, 15) is 9.90 Å². The molecule has 2 atom stereocenters. The maximum Gasteiger partial charge on any atom is 0.252 e. The van der Waals surface area contributed by atoms with Crippen LogP contribution in [0.25, 0.3) is 16.6 Å². The number of nitrogens with one attached hydrogen (secondary N) is 1. The van der Waals surface area contributed by atoms with E-state index < -0.39 is 11.5 Å². The lowest BCUT2D eigenvalue weighted by Gasteiger charge is -2.28. The first kappa shape index (κ1) is 18.0. The number of carbonyl (C=O) groups excluding carboxylic acids is 1. The van der Waals surface area contributed by atoms with Crippen LogP contribution in [0.1, 0.15) is 42.1 Å². The number of nitrogens with two attached hydrogens (primary N) is 1. The van der Waals surface area contributed by atoms with Gasteiger partial charge < -0.3 is 16.2 Å². The number of rotatable bonds is 4. The van der Waals surface area contributed by atoms with E-state index in [-0.39, 0.29) is 6.04 Å². The molecule has 0 bridgehead atoms. The quantitative estimate of drug-likeness (QED) is 0.648. The van der Waals surface area contributed by atoms with E-state index in [2.05, 4.69) is 16.5 Å². The third-order valence-electron chi connectivity index (χ3n) is 5.49. The number of fused-ring (bicyclic) bond motifs is 1. The summed E-state index contributed by atoms with van der Waals surface area (Å²) in [6.45, 7) is 1.81. The summed E-state index contributed by atoms with van der Waals surface area (Å²) in [5.74, 6) is -0.573.